The Morgan fingerprint density at radius 1 is 0.333 bits per heavy atom. The third kappa shape index (κ3) is 4.31. The number of benzene rings is 9. The largest absolute Gasteiger partial charge is 0.310 e. The number of para-hydroxylation sites is 1. The van der Waals surface area contributed by atoms with E-state index in [9.17, 15) is 0 Å². The van der Waals surface area contributed by atoms with Crippen LogP contribution < -0.4 is 4.90 Å². The molecule has 0 aliphatic heterocycles. The molecule has 0 atom stereocenters. The lowest BCUT2D eigenvalue weighted by molar-refractivity contribution is 1.29. The van der Waals surface area contributed by atoms with Gasteiger partial charge in [-0.2, -0.15) is 0 Å². The van der Waals surface area contributed by atoms with E-state index in [4.69, 9.17) is 0 Å². The van der Waals surface area contributed by atoms with Crippen molar-refractivity contribution in [2.75, 3.05) is 4.90 Å². The quantitative estimate of drug-likeness (QED) is 0.176. The van der Waals surface area contributed by atoms with Crippen LogP contribution in [0.25, 0.3) is 74.4 Å². The van der Waals surface area contributed by atoms with Crippen LogP contribution in [0.1, 0.15) is 0 Å². The Balaban J connectivity index is 1.15. The van der Waals surface area contributed by atoms with E-state index in [1.165, 1.54) is 74.4 Å². The molecule has 0 aliphatic rings. The van der Waals surface area contributed by atoms with Crippen LogP contribution in [0.3, 0.4) is 0 Å². The first-order valence-electron chi connectivity index (χ1n) is 16.4. The molecule has 1 heterocycles. The number of hydrogen-bond donors (Lipinski definition) is 0. The average Bonchev–Trinajstić information content (AvgIpc) is 3.51. The number of thiophene rings is 1. The SMILES string of the molecule is c1ccc(N(c2ccc(-c3cc4ccccc4c4ccc5ccccc5c34)cc2)c2ccc3sc4cc5ccccc5cc4c3c2)cc1. The second-order valence-corrected chi connectivity index (χ2v) is 13.6. The van der Waals surface area contributed by atoms with Crippen molar-refractivity contribution in [1.82, 2.24) is 0 Å². The van der Waals surface area contributed by atoms with Gasteiger partial charge < -0.3 is 4.90 Å². The normalized spacial score (nSPS) is 11.8. The molecule has 0 bridgehead atoms. The van der Waals surface area contributed by atoms with E-state index in [1.54, 1.807) is 0 Å². The van der Waals surface area contributed by atoms with Gasteiger partial charge in [0.15, 0.2) is 0 Å². The van der Waals surface area contributed by atoms with Crippen molar-refractivity contribution >= 4 is 91.7 Å². The fourth-order valence-corrected chi connectivity index (χ4v) is 8.63. The Kier molecular flexibility index (Phi) is 6.12. The predicted octanol–water partition coefficient (Wildman–Crippen LogP) is 13.8. The summed E-state index contributed by atoms with van der Waals surface area (Å²) >= 11 is 1.87. The van der Waals surface area contributed by atoms with Gasteiger partial charge in [-0.25, -0.2) is 0 Å². The van der Waals surface area contributed by atoms with Crippen LogP contribution >= 0.6 is 11.3 Å². The molecule has 1 aromatic heterocycles. The zero-order valence-electron chi connectivity index (χ0n) is 26.1. The van der Waals surface area contributed by atoms with Crippen LogP contribution in [0.2, 0.25) is 0 Å². The summed E-state index contributed by atoms with van der Waals surface area (Å²) in [6.07, 6.45) is 0. The molecule has 10 rings (SSSR count). The van der Waals surface area contributed by atoms with Gasteiger partial charge >= 0.3 is 0 Å². The van der Waals surface area contributed by atoms with Crippen LogP contribution in [0.5, 0.6) is 0 Å². The van der Waals surface area contributed by atoms with Gasteiger partial charge in [0.2, 0.25) is 0 Å². The highest BCUT2D eigenvalue weighted by Crippen LogP contribution is 2.43. The molecule has 0 saturated heterocycles. The summed E-state index contributed by atoms with van der Waals surface area (Å²) in [5, 5.41) is 12.9. The fourth-order valence-electron chi connectivity index (χ4n) is 7.51. The first kappa shape index (κ1) is 27.2. The maximum Gasteiger partial charge on any atom is 0.0468 e. The topological polar surface area (TPSA) is 3.24 Å². The molecule has 9 aromatic carbocycles. The highest BCUT2D eigenvalue weighted by atomic mass is 32.1. The van der Waals surface area contributed by atoms with E-state index in [2.05, 4.69) is 181 Å². The van der Waals surface area contributed by atoms with Crippen LogP contribution in [0, 0.1) is 0 Å². The van der Waals surface area contributed by atoms with Crippen molar-refractivity contribution in [3.8, 4) is 11.1 Å². The summed E-state index contributed by atoms with van der Waals surface area (Å²) in [4.78, 5) is 2.38. The maximum absolute atomic E-state index is 2.38. The van der Waals surface area contributed by atoms with Crippen molar-refractivity contribution in [1.29, 1.82) is 0 Å². The summed E-state index contributed by atoms with van der Waals surface area (Å²) in [6.45, 7) is 0. The van der Waals surface area contributed by atoms with Gasteiger partial charge in [-0.3, -0.25) is 0 Å². The van der Waals surface area contributed by atoms with Gasteiger partial charge in [0, 0.05) is 37.2 Å². The molecule has 0 aliphatic carbocycles. The third-order valence-corrected chi connectivity index (χ3v) is 10.9. The van der Waals surface area contributed by atoms with Crippen LogP contribution in [0.15, 0.2) is 176 Å². The summed E-state index contributed by atoms with van der Waals surface area (Å²) in [7, 11) is 0. The maximum atomic E-state index is 2.38. The second kappa shape index (κ2) is 10.8. The number of anilines is 3. The van der Waals surface area contributed by atoms with E-state index in [-0.39, 0.29) is 0 Å². The molecule has 0 N–H and O–H groups in total. The van der Waals surface area contributed by atoms with Crippen molar-refractivity contribution in [2.45, 2.75) is 0 Å². The molecular weight excluding hydrogens is 599 g/mol. The monoisotopic (exact) mass is 627 g/mol. The second-order valence-electron chi connectivity index (χ2n) is 12.6. The predicted molar refractivity (Wildman–Crippen MR) is 209 cm³/mol. The van der Waals surface area contributed by atoms with Crippen molar-refractivity contribution in [2.24, 2.45) is 0 Å². The van der Waals surface area contributed by atoms with Gasteiger partial charge in [0.1, 0.15) is 0 Å². The first-order chi connectivity index (χ1) is 23.8. The van der Waals surface area contributed by atoms with Crippen molar-refractivity contribution in [3.05, 3.63) is 176 Å². The van der Waals surface area contributed by atoms with Crippen LogP contribution in [0.4, 0.5) is 17.1 Å². The Morgan fingerprint density at radius 3 is 1.77 bits per heavy atom. The standard InChI is InChI=1S/C46H29NS/c1-2-14-35(15-3-1)47(37-23-25-44-43(29-37)42-26-32-11-4-5-12-33(32)28-45(42)48-44)36-21-18-31(19-22-36)41-27-34-13-7-8-16-38(34)40-24-20-30-10-6-9-17-39(30)46(40)41/h1-29H. The number of hydrogen-bond acceptors (Lipinski definition) is 2. The van der Waals surface area contributed by atoms with Crippen molar-refractivity contribution < 1.29 is 0 Å². The highest BCUT2D eigenvalue weighted by molar-refractivity contribution is 7.25. The molecule has 0 fully saturated rings. The molecule has 0 radical (unpaired) electrons. The molecule has 48 heavy (non-hydrogen) atoms. The van der Waals surface area contributed by atoms with Gasteiger partial charge in [-0.15, -0.1) is 11.3 Å². The molecule has 0 amide bonds. The van der Waals surface area contributed by atoms with Gasteiger partial charge in [0.05, 0.1) is 0 Å². The van der Waals surface area contributed by atoms with Crippen LogP contribution in [-0.2, 0) is 0 Å². The average molecular weight is 628 g/mol. The number of nitrogens with zero attached hydrogens (tertiary/aromatic N) is 1. The van der Waals surface area contributed by atoms with Gasteiger partial charge in [-0.1, -0.05) is 115 Å². The number of fused-ring (bicyclic) bond motifs is 9. The molecule has 2 heteroatoms. The minimum Gasteiger partial charge on any atom is -0.310 e. The Hall–Kier alpha value is -5.96. The highest BCUT2D eigenvalue weighted by Gasteiger charge is 2.17. The molecule has 0 spiro atoms. The zero-order chi connectivity index (χ0) is 31.6. The summed E-state index contributed by atoms with van der Waals surface area (Å²) in [5.41, 5.74) is 5.89. The van der Waals surface area contributed by atoms with Gasteiger partial charge in [-0.05, 0) is 115 Å². The molecule has 224 valence electrons. The Bertz CT molecular complexity index is 2830. The molecular formula is C46H29NS. The molecule has 0 saturated carbocycles. The lowest BCUT2D eigenvalue weighted by Gasteiger charge is -2.26. The molecule has 1 nitrogen and oxygen atoms in total. The Labute approximate surface area is 282 Å². The smallest absolute Gasteiger partial charge is 0.0468 e. The minimum atomic E-state index is 1.13. The minimum absolute atomic E-state index is 1.13. The van der Waals surface area contributed by atoms with Crippen molar-refractivity contribution in [3.63, 3.8) is 0 Å². The van der Waals surface area contributed by atoms with Gasteiger partial charge in [0.25, 0.3) is 0 Å². The molecule has 0 unspecified atom stereocenters. The van der Waals surface area contributed by atoms with E-state index >= 15 is 0 Å². The van der Waals surface area contributed by atoms with E-state index in [0.717, 1.165) is 17.1 Å². The van der Waals surface area contributed by atoms with E-state index in [1.807, 2.05) is 11.3 Å². The first-order valence-corrected chi connectivity index (χ1v) is 17.2. The lowest BCUT2D eigenvalue weighted by atomic mass is 9.90. The molecule has 10 aromatic rings. The number of rotatable bonds is 4. The van der Waals surface area contributed by atoms with Crippen LogP contribution in [-0.4, -0.2) is 0 Å². The summed E-state index contributed by atoms with van der Waals surface area (Å²) in [6, 6.07) is 64.5. The fraction of sp³-hybridized carbons (Fsp3) is 0. The summed E-state index contributed by atoms with van der Waals surface area (Å²) in [5.74, 6) is 0. The Morgan fingerprint density at radius 2 is 0.958 bits per heavy atom. The van der Waals surface area contributed by atoms with E-state index in [0.29, 0.717) is 0 Å². The third-order valence-electron chi connectivity index (χ3n) is 9.78. The lowest BCUT2D eigenvalue weighted by Crippen LogP contribution is -2.09. The summed E-state index contributed by atoms with van der Waals surface area (Å²) < 4.78 is 2.63. The zero-order valence-corrected chi connectivity index (χ0v) is 26.9. The van der Waals surface area contributed by atoms with E-state index < -0.39 is 0 Å².